The number of amides is 1. The number of ether oxygens (including phenoxy) is 1. The molecule has 0 aliphatic carbocycles. The summed E-state index contributed by atoms with van der Waals surface area (Å²) in [5.41, 5.74) is 1.74. The maximum absolute atomic E-state index is 12.5. The molecule has 0 bridgehead atoms. The average molecular weight is 357 g/mol. The molecular formula is C23H19NO3. The number of para-hydroxylation sites is 2. The Labute approximate surface area is 157 Å². The lowest BCUT2D eigenvalue weighted by Gasteiger charge is -2.17. The summed E-state index contributed by atoms with van der Waals surface area (Å²) in [6, 6.07) is 28.4. The maximum Gasteiger partial charge on any atom is 0.258 e. The second-order valence-electron chi connectivity index (χ2n) is 6.20. The lowest BCUT2D eigenvalue weighted by molar-refractivity contribution is -0.123. The molecule has 1 amide bonds. The molecule has 0 aliphatic rings. The Morgan fingerprint density at radius 2 is 1.56 bits per heavy atom. The fraction of sp³-hybridized carbons (Fsp3) is 0.0870. The summed E-state index contributed by atoms with van der Waals surface area (Å²) in [7, 11) is 0. The molecule has 3 aromatic carbocycles. The molecule has 4 aromatic rings. The van der Waals surface area contributed by atoms with Gasteiger partial charge in [0.05, 0.1) is 0 Å². The van der Waals surface area contributed by atoms with Crippen molar-refractivity contribution in [2.75, 3.05) is 6.61 Å². The van der Waals surface area contributed by atoms with E-state index < -0.39 is 0 Å². The molecule has 0 aliphatic heterocycles. The van der Waals surface area contributed by atoms with Crippen LogP contribution < -0.4 is 10.1 Å². The fourth-order valence-corrected chi connectivity index (χ4v) is 2.98. The van der Waals surface area contributed by atoms with Crippen LogP contribution in [0.1, 0.15) is 17.4 Å². The Bertz CT molecular complexity index is 992. The maximum atomic E-state index is 12.5. The van der Waals surface area contributed by atoms with E-state index in [1.165, 1.54) is 0 Å². The Morgan fingerprint density at radius 1 is 0.889 bits per heavy atom. The number of hydrogen-bond acceptors (Lipinski definition) is 3. The first-order chi connectivity index (χ1) is 13.3. The zero-order valence-electron chi connectivity index (χ0n) is 14.7. The highest BCUT2D eigenvalue weighted by Crippen LogP contribution is 2.28. The van der Waals surface area contributed by atoms with Crippen LogP contribution in [-0.2, 0) is 4.79 Å². The van der Waals surface area contributed by atoms with Crippen LogP contribution in [0.25, 0.3) is 11.0 Å². The van der Waals surface area contributed by atoms with E-state index in [9.17, 15) is 4.79 Å². The summed E-state index contributed by atoms with van der Waals surface area (Å²) in [6.45, 7) is -0.0619. The monoisotopic (exact) mass is 357 g/mol. The van der Waals surface area contributed by atoms with Gasteiger partial charge in [-0.15, -0.1) is 0 Å². The van der Waals surface area contributed by atoms with Crippen LogP contribution in [0.4, 0.5) is 0 Å². The van der Waals surface area contributed by atoms with E-state index in [-0.39, 0.29) is 18.6 Å². The number of carbonyl (C=O) groups is 1. The molecule has 134 valence electrons. The van der Waals surface area contributed by atoms with Crippen molar-refractivity contribution in [3.05, 3.63) is 102 Å². The third kappa shape index (κ3) is 4.01. The minimum atomic E-state index is -0.384. The molecular weight excluding hydrogens is 338 g/mol. The van der Waals surface area contributed by atoms with E-state index in [0.29, 0.717) is 11.5 Å². The van der Waals surface area contributed by atoms with E-state index in [1.807, 2.05) is 91.0 Å². The fourth-order valence-electron chi connectivity index (χ4n) is 2.98. The molecule has 1 unspecified atom stereocenters. The van der Waals surface area contributed by atoms with Crippen molar-refractivity contribution in [1.29, 1.82) is 0 Å². The second kappa shape index (κ2) is 7.79. The van der Waals surface area contributed by atoms with Crippen molar-refractivity contribution in [1.82, 2.24) is 5.32 Å². The number of rotatable bonds is 6. The Morgan fingerprint density at radius 3 is 2.30 bits per heavy atom. The third-order valence-electron chi connectivity index (χ3n) is 4.28. The molecule has 1 atom stereocenters. The molecule has 4 rings (SSSR count). The molecule has 0 spiro atoms. The normalized spacial score (nSPS) is 11.9. The topological polar surface area (TPSA) is 51.5 Å². The Balaban J connectivity index is 1.56. The highest BCUT2D eigenvalue weighted by atomic mass is 16.5. The van der Waals surface area contributed by atoms with Crippen LogP contribution in [0.5, 0.6) is 5.75 Å². The van der Waals surface area contributed by atoms with Gasteiger partial charge in [0.2, 0.25) is 0 Å². The molecule has 27 heavy (non-hydrogen) atoms. The molecule has 1 N–H and O–H groups in total. The first kappa shape index (κ1) is 16.9. The van der Waals surface area contributed by atoms with Gasteiger partial charge in [-0.05, 0) is 29.8 Å². The Hall–Kier alpha value is -3.53. The standard InChI is InChI=1S/C23H19NO3/c25-22(16-26-19-12-5-2-6-13-19)24-23(17-9-3-1-4-10-17)21-15-18-11-7-8-14-20(18)27-21/h1-15,23H,16H2,(H,24,25). The summed E-state index contributed by atoms with van der Waals surface area (Å²) >= 11 is 0. The number of nitrogens with one attached hydrogen (secondary N) is 1. The first-order valence-electron chi connectivity index (χ1n) is 8.80. The van der Waals surface area contributed by atoms with Crippen molar-refractivity contribution in [3.63, 3.8) is 0 Å². The van der Waals surface area contributed by atoms with Crippen molar-refractivity contribution in [3.8, 4) is 5.75 Å². The van der Waals surface area contributed by atoms with E-state index in [0.717, 1.165) is 16.5 Å². The quantitative estimate of drug-likeness (QED) is 0.543. The predicted octanol–water partition coefficient (Wildman–Crippen LogP) is 4.72. The number of benzene rings is 3. The molecule has 1 heterocycles. The minimum absolute atomic E-state index is 0.0619. The first-order valence-corrected chi connectivity index (χ1v) is 8.80. The lowest BCUT2D eigenvalue weighted by Crippen LogP contribution is -2.33. The van der Waals surface area contributed by atoms with Crippen LogP contribution >= 0.6 is 0 Å². The van der Waals surface area contributed by atoms with Gasteiger partial charge in [0, 0.05) is 5.39 Å². The van der Waals surface area contributed by atoms with E-state index >= 15 is 0 Å². The number of hydrogen-bond donors (Lipinski definition) is 1. The van der Waals surface area contributed by atoms with Crippen LogP contribution in [-0.4, -0.2) is 12.5 Å². The number of fused-ring (bicyclic) bond motifs is 1. The van der Waals surface area contributed by atoms with Gasteiger partial charge in [-0.2, -0.15) is 0 Å². The summed E-state index contributed by atoms with van der Waals surface area (Å²) < 4.78 is 11.5. The van der Waals surface area contributed by atoms with Crippen LogP contribution in [0.15, 0.2) is 95.4 Å². The molecule has 4 heteroatoms. The third-order valence-corrected chi connectivity index (χ3v) is 4.28. The molecule has 1 aromatic heterocycles. The van der Waals surface area contributed by atoms with E-state index in [1.54, 1.807) is 0 Å². The van der Waals surface area contributed by atoms with E-state index in [4.69, 9.17) is 9.15 Å². The molecule has 0 saturated carbocycles. The minimum Gasteiger partial charge on any atom is -0.484 e. The van der Waals surface area contributed by atoms with Crippen molar-refractivity contribution >= 4 is 16.9 Å². The van der Waals surface area contributed by atoms with Crippen LogP contribution in [0.2, 0.25) is 0 Å². The smallest absolute Gasteiger partial charge is 0.258 e. The largest absolute Gasteiger partial charge is 0.484 e. The van der Waals surface area contributed by atoms with Gasteiger partial charge in [0.25, 0.3) is 5.91 Å². The molecule has 4 nitrogen and oxygen atoms in total. The predicted molar refractivity (Wildman–Crippen MR) is 105 cm³/mol. The van der Waals surface area contributed by atoms with Crippen molar-refractivity contribution in [2.45, 2.75) is 6.04 Å². The summed E-state index contributed by atoms with van der Waals surface area (Å²) in [5.74, 6) is 1.14. The second-order valence-corrected chi connectivity index (χ2v) is 6.20. The molecule has 0 radical (unpaired) electrons. The molecule has 0 fully saturated rings. The van der Waals surface area contributed by atoms with Gasteiger partial charge in [-0.3, -0.25) is 4.79 Å². The SMILES string of the molecule is O=C(COc1ccccc1)NC(c1ccccc1)c1cc2ccccc2o1. The zero-order chi connectivity index (χ0) is 18.5. The van der Waals surface area contributed by atoms with Gasteiger partial charge in [-0.25, -0.2) is 0 Å². The number of furan rings is 1. The van der Waals surface area contributed by atoms with Crippen LogP contribution in [0, 0.1) is 0 Å². The van der Waals surface area contributed by atoms with Crippen molar-refractivity contribution in [2.24, 2.45) is 0 Å². The highest BCUT2D eigenvalue weighted by Gasteiger charge is 2.21. The van der Waals surface area contributed by atoms with E-state index in [2.05, 4.69) is 5.32 Å². The van der Waals surface area contributed by atoms with Gasteiger partial charge in [0.15, 0.2) is 6.61 Å². The van der Waals surface area contributed by atoms with Gasteiger partial charge >= 0.3 is 0 Å². The lowest BCUT2D eigenvalue weighted by atomic mass is 10.0. The summed E-state index contributed by atoms with van der Waals surface area (Å²) in [6.07, 6.45) is 0. The van der Waals surface area contributed by atoms with Gasteiger partial charge in [-0.1, -0.05) is 66.7 Å². The van der Waals surface area contributed by atoms with Crippen molar-refractivity contribution < 1.29 is 13.9 Å². The average Bonchev–Trinajstić information content (AvgIpc) is 3.16. The van der Waals surface area contributed by atoms with Crippen LogP contribution in [0.3, 0.4) is 0 Å². The van der Waals surface area contributed by atoms with Gasteiger partial charge in [0.1, 0.15) is 23.1 Å². The zero-order valence-corrected chi connectivity index (χ0v) is 14.7. The summed E-state index contributed by atoms with van der Waals surface area (Å²) in [5, 5.41) is 4.03. The Kier molecular flexibility index (Phi) is 4.88. The highest BCUT2D eigenvalue weighted by molar-refractivity contribution is 5.80. The number of carbonyl (C=O) groups excluding carboxylic acids is 1. The summed E-state index contributed by atoms with van der Waals surface area (Å²) in [4.78, 5) is 12.5. The van der Waals surface area contributed by atoms with Gasteiger partial charge < -0.3 is 14.5 Å². The molecule has 0 saturated heterocycles.